The highest BCUT2D eigenvalue weighted by atomic mass is 16.5. The summed E-state index contributed by atoms with van der Waals surface area (Å²) in [5.74, 6) is 2.11. The van der Waals surface area contributed by atoms with Gasteiger partial charge >= 0.3 is 0 Å². The topological polar surface area (TPSA) is 48.0 Å². The molecule has 1 heterocycles. The fraction of sp³-hybridized carbons (Fsp3) is 0.562. The van der Waals surface area contributed by atoms with Gasteiger partial charge in [-0.2, -0.15) is 0 Å². The Labute approximate surface area is 125 Å². The molecule has 0 N–H and O–H groups in total. The minimum Gasteiger partial charge on any atom is -0.493 e. The Morgan fingerprint density at radius 1 is 1.05 bits per heavy atom. The molecule has 1 aromatic rings. The summed E-state index contributed by atoms with van der Waals surface area (Å²) >= 11 is 0. The van der Waals surface area contributed by atoms with Gasteiger partial charge in [-0.1, -0.05) is 6.92 Å². The van der Waals surface area contributed by atoms with E-state index in [1.807, 2.05) is 4.90 Å². The number of likely N-dealkylation sites (tertiary alicyclic amines) is 1. The molecule has 0 atom stereocenters. The lowest BCUT2D eigenvalue weighted by Crippen LogP contribution is -2.38. The zero-order valence-corrected chi connectivity index (χ0v) is 13.1. The van der Waals surface area contributed by atoms with Crippen molar-refractivity contribution in [1.29, 1.82) is 0 Å². The quantitative estimate of drug-likeness (QED) is 0.856. The Kier molecular flexibility index (Phi) is 4.94. The molecule has 0 radical (unpaired) electrons. The molecule has 1 aliphatic rings. The molecule has 1 fully saturated rings. The summed E-state index contributed by atoms with van der Waals surface area (Å²) in [5.41, 5.74) is 0.518. The molecular formula is C16H23NO4. The third-order valence-electron chi connectivity index (χ3n) is 4.01. The number of piperidine rings is 1. The van der Waals surface area contributed by atoms with Crippen LogP contribution in [0.3, 0.4) is 0 Å². The van der Waals surface area contributed by atoms with E-state index in [1.54, 1.807) is 19.2 Å². The normalized spacial score (nSPS) is 15.7. The van der Waals surface area contributed by atoms with Gasteiger partial charge < -0.3 is 19.1 Å². The van der Waals surface area contributed by atoms with E-state index in [0.717, 1.165) is 25.9 Å². The van der Waals surface area contributed by atoms with Crippen LogP contribution in [0.1, 0.15) is 30.1 Å². The average molecular weight is 293 g/mol. The van der Waals surface area contributed by atoms with Gasteiger partial charge in [0.1, 0.15) is 0 Å². The number of hydrogen-bond donors (Lipinski definition) is 0. The van der Waals surface area contributed by atoms with E-state index in [9.17, 15) is 4.79 Å². The SMILES string of the molecule is COc1ccc(C(=O)N2CCC(C)CC2)c(OC)c1OC. The summed E-state index contributed by atoms with van der Waals surface area (Å²) in [6, 6.07) is 3.47. The zero-order valence-electron chi connectivity index (χ0n) is 13.1. The molecule has 0 aromatic heterocycles. The largest absolute Gasteiger partial charge is 0.493 e. The van der Waals surface area contributed by atoms with Crippen molar-refractivity contribution in [3.8, 4) is 17.2 Å². The van der Waals surface area contributed by atoms with Gasteiger partial charge in [0.25, 0.3) is 5.91 Å². The zero-order chi connectivity index (χ0) is 15.4. The monoisotopic (exact) mass is 293 g/mol. The van der Waals surface area contributed by atoms with E-state index in [-0.39, 0.29) is 5.91 Å². The smallest absolute Gasteiger partial charge is 0.257 e. The molecule has 5 heteroatoms. The van der Waals surface area contributed by atoms with Gasteiger partial charge in [-0.05, 0) is 30.9 Å². The van der Waals surface area contributed by atoms with Crippen LogP contribution in [0.25, 0.3) is 0 Å². The lowest BCUT2D eigenvalue weighted by Gasteiger charge is -2.31. The first-order chi connectivity index (χ1) is 10.1. The van der Waals surface area contributed by atoms with E-state index in [1.165, 1.54) is 14.2 Å². The van der Waals surface area contributed by atoms with Gasteiger partial charge in [0.2, 0.25) is 5.75 Å². The summed E-state index contributed by atoms with van der Waals surface area (Å²) in [6.07, 6.45) is 2.09. The molecular weight excluding hydrogens is 270 g/mol. The maximum absolute atomic E-state index is 12.7. The lowest BCUT2D eigenvalue weighted by atomic mass is 9.98. The van der Waals surface area contributed by atoms with Crippen LogP contribution >= 0.6 is 0 Å². The predicted octanol–water partition coefficient (Wildman–Crippen LogP) is 2.58. The first-order valence-corrected chi connectivity index (χ1v) is 7.20. The molecule has 5 nitrogen and oxygen atoms in total. The highest BCUT2D eigenvalue weighted by molar-refractivity contribution is 5.98. The maximum atomic E-state index is 12.7. The van der Waals surface area contributed by atoms with Gasteiger partial charge in [-0.3, -0.25) is 4.79 Å². The number of carbonyl (C=O) groups is 1. The van der Waals surface area contributed by atoms with Gasteiger partial charge in [0.15, 0.2) is 11.5 Å². The van der Waals surface area contributed by atoms with E-state index in [4.69, 9.17) is 14.2 Å². The Morgan fingerprint density at radius 3 is 2.19 bits per heavy atom. The highest BCUT2D eigenvalue weighted by Gasteiger charge is 2.26. The summed E-state index contributed by atoms with van der Waals surface area (Å²) in [6.45, 7) is 3.80. The number of nitrogens with zero attached hydrogens (tertiary/aromatic N) is 1. The standard InChI is InChI=1S/C16H23NO4/c1-11-7-9-17(10-8-11)16(18)12-5-6-13(19-2)15(21-4)14(12)20-3/h5-6,11H,7-10H2,1-4H3. The number of carbonyl (C=O) groups excluding carboxylic acids is 1. The van der Waals surface area contributed by atoms with Gasteiger partial charge in [-0.25, -0.2) is 0 Å². The number of benzene rings is 1. The predicted molar refractivity (Wildman–Crippen MR) is 80.4 cm³/mol. The van der Waals surface area contributed by atoms with Crippen LogP contribution in [-0.2, 0) is 0 Å². The fourth-order valence-corrected chi connectivity index (χ4v) is 2.65. The second kappa shape index (κ2) is 6.70. The van der Waals surface area contributed by atoms with Crippen LogP contribution in [-0.4, -0.2) is 45.2 Å². The van der Waals surface area contributed by atoms with E-state index in [0.29, 0.717) is 28.7 Å². The van der Waals surface area contributed by atoms with Crippen molar-refractivity contribution in [3.05, 3.63) is 17.7 Å². The second-order valence-corrected chi connectivity index (χ2v) is 5.36. The molecule has 1 saturated heterocycles. The molecule has 1 amide bonds. The third-order valence-corrected chi connectivity index (χ3v) is 4.01. The molecule has 0 aliphatic carbocycles. The van der Waals surface area contributed by atoms with E-state index < -0.39 is 0 Å². The molecule has 2 rings (SSSR count). The molecule has 0 unspecified atom stereocenters. The minimum absolute atomic E-state index is 0.0142. The highest BCUT2D eigenvalue weighted by Crippen LogP contribution is 2.40. The van der Waals surface area contributed by atoms with Crippen LogP contribution in [0.4, 0.5) is 0 Å². The lowest BCUT2D eigenvalue weighted by molar-refractivity contribution is 0.0693. The summed E-state index contributed by atoms with van der Waals surface area (Å²) in [7, 11) is 4.63. The molecule has 0 spiro atoms. The number of hydrogen-bond acceptors (Lipinski definition) is 4. The van der Waals surface area contributed by atoms with Crippen LogP contribution in [0.5, 0.6) is 17.2 Å². The summed E-state index contributed by atoms with van der Waals surface area (Å²) < 4.78 is 16.0. The Balaban J connectivity index is 2.32. The van der Waals surface area contributed by atoms with Crippen molar-refractivity contribution >= 4 is 5.91 Å². The second-order valence-electron chi connectivity index (χ2n) is 5.36. The summed E-state index contributed by atoms with van der Waals surface area (Å²) in [4.78, 5) is 14.6. The molecule has 116 valence electrons. The minimum atomic E-state index is -0.0142. The molecule has 1 aliphatic heterocycles. The average Bonchev–Trinajstić information content (AvgIpc) is 2.53. The van der Waals surface area contributed by atoms with Gasteiger partial charge in [-0.15, -0.1) is 0 Å². The first kappa shape index (κ1) is 15.5. The molecule has 21 heavy (non-hydrogen) atoms. The van der Waals surface area contributed by atoms with E-state index >= 15 is 0 Å². The van der Waals surface area contributed by atoms with Crippen LogP contribution in [0.2, 0.25) is 0 Å². The van der Waals surface area contributed by atoms with Crippen LogP contribution in [0, 0.1) is 5.92 Å². The molecule has 0 saturated carbocycles. The van der Waals surface area contributed by atoms with Crippen LogP contribution < -0.4 is 14.2 Å². The van der Waals surface area contributed by atoms with Crippen molar-refractivity contribution in [2.24, 2.45) is 5.92 Å². The maximum Gasteiger partial charge on any atom is 0.257 e. The van der Waals surface area contributed by atoms with Crippen molar-refractivity contribution in [2.75, 3.05) is 34.4 Å². The Bertz CT molecular complexity index is 507. The van der Waals surface area contributed by atoms with Crippen molar-refractivity contribution in [3.63, 3.8) is 0 Å². The Morgan fingerprint density at radius 2 is 1.67 bits per heavy atom. The number of ether oxygens (including phenoxy) is 3. The van der Waals surface area contributed by atoms with Crippen molar-refractivity contribution in [2.45, 2.75) is 19.8 Å². The van der Waals surface area contributed by atoms with Gasteiger partial charge in [0.05, 0.1) is 26.9 Å². The summed E-state index contributed by atoms with van der Waals surface area (Å²) in [5, 5.41) is 0. The Hall–Kier alpha value is -1.91. The van der Waals surface area contributed by atoms with Crippen LogP contribution in [0.15, 0.2) is 12.1 Å². The third kappa shape index (κ3) is 3.06. The molecule has 1 aromatic carbocycles. The fourth-order valence-electron chi connectivity index (χ4n) is 2.65. The number of rotatable bonds is 4. The van der Waals surface area contributed by atoms with Gasteiger partial charge in [0, 0.05) is 13.1 Å². The van der Waals surface area contributed by atoms with Crippen molar-refractivity contribution < 1.29 is 19.0 Å². The first-order valence-electron chi connectivity index (χ1n) is 7.20. The van der Waals surface area contributed by atoms with Crippen molar-refractivity contribution in [1.82, 2.24) is 4.90 Å². The number of amides is 1. The number of methoxy groups -OCH3 is 3. The molecule has 0 bridgehead atoms. The van der Waals surface area contributed by atoms with E-state index in [2.05, 4.69) is 6.92 Å².